The zero-order valence-electron chi connectivity index (χ0n) is 17.3. The maximum atomic E-state index is 13.3. The third kappa shape index (κ3) is 4.19. The van der Waals surface area contributed by atoms with Gasteiger partial charge in [-0.05, 0) is 37.3 Å². The Morgan fingerprint density at radius 3 is 2.32 bits per heavy atom. The van der Waals surface area contributed by atoms with Gasteiger partial charge < -0.3 is 18.9 Å². The van der Waals surface area contributed by atoms with Crippen LogP contribution in [0.25, 0.3) is 0 Å². The van der Waals surface area contributed by atoms with Crippen LogP contribution in [0.5, 0.6) is 11.5 Å². The molecule has 0 spiro atoms. The van der Waals surface area contributed by atoms with Gasteiger partial charge in [0.15, 0.2) is 0 Å². The van der Waals surface area contributed by atoms with Gasteiger partial charge in [-0.3, -0.25) is 9.59 Å². The number of esters is 1. The van der Waals surface area contributed by atoms with Crippen LogP contribution in [0, 0.1) is 0 Å². The number of carbonyl (C=O) groups is 2. The minimum atomic E-state index is -4.13. The van der Waals surface area contributed by atoms with Crippen LogP contribution < -0.4 is 14.2 Å². The monoisotopic (exact) mass is 447 g/mol. The van der Waals surface area contributed by atoms with Gasteiger partial charge in [0.1, 0.15) is 11.5 Å². The van der Waals surface area contributed by atoms with Gasteiger partial charge in [0.05, 0.1) is 19.1 Å². The van der Waals surface area contributed by atoms with Crippen molar-refractivity contribution in [1.29, 1.82) is 0 Å². The summed E-state index contributed by atoms with van der Waals surface area (Å²) < 4.78 is 49.1. The maximum Gasteiger partial charge on any atom is 0.308 e. The minimum Gasteiger partial charge on any atom is -0.497 e. The Labute approximate surface area is 179 Å². The maximum absolute atomic E-state index is 13.3. The summed E-state index contributed by atoms with van der Waals surface area (Å²) in [5, 5.41) is 0. The second kappa shape index (κ2) is 8.31. The van der Waals surface area contributed by atoms with Crippen molar-refractivity contribution in [3.63, 3.8) is 0 Å². The van der Waals surface area contributed by atoms with Crippen molar-refractivity contribution in [2.45, 2.75) is 24.3 Å². The third-order valence-electron chi connectivity index (χ3n) is 4.60. The van der Waals surface area contributed by atoms with E-state index in [1.807, 2.05) is 0 Å². The molecule has 0 aliphatic carbocycles. The van der Waals surface area contributed by atoms with E-state index in [-0.39, 0.29) is 10.5 Å². The van der Waals surface area contributed by atoms with Crippen molar-refractivity contribution in [3.8, 4) is 11.5 Å². The smallest absolute Gasteiger partial charge is 0.308 e. The SMILES string of the molecule is COc1ccc(OC)c(C2(C)OC(NS(=O)(=O)c3ccccc3)=C(OC(C)=O)C2=O)c1. The molecule has 9 nitrogen and oxygen atoms in total. The quantitative estimate of drug-likeness (QED) is 0.642. The first-order valence-electron chi connectivity index (χ1n) is 9.09. The van der Waals surface area contributed by atoms with Crippen LogP contribution in [-0.4, -0.2) is 34.4 Å². The highest BCUT2D eigenvalue weighted by Crippen LogP contribution is 2.43. The average Bonchev–Trinajstić information content (AvgIpc) is 2.98. The van der Waals surface area contributed by atoms with E-state index in [0.29, 0.717) is 11.5 Å². The number of Topliss-reactive ketones (excluding diaryl/α,β-unsaturated/α-hetero) is 1. The van der Waals surface area contributed by atoms with Gasteiger partial charge in [-0.1, -0.05) is 18.2 Å². The molecule has 164 valence electrons. The highest BCUT2D eigenvalue weighted by molar-refractivity contribution is 7.89. The number of methoxy groups -OCH3 is 2. The van der Waals surface area contributed by atoms with E-state index in [2.05, 4.69) is 4.72 Å². The third-order valence-corrected chi connectivity index (χ3v) is 5.95. The molecule has 1 unspecified atom stereocenters. The van der Waals surface area contributed by atoms with Crippen molar-refractivity contribution in [2.75, 3.05) is 14.2 Å². The number of sulfonamides is 1. The van der Waals surface area contributed by atoms with E-state index in [4.69, 9.17) is 18.9 Å². The van der Waals surface area contributed by atoms with Crippen LogP contribution in [0.2, 0.25) is 0 Å². The molecule has 1 aliphatic heterocycles. The molecule has 2 aromatic rings. The number of hydrogen-bond acceptors (Lipinski definition) is 8. The van der Waals surface area contributed by atoms with Crippen molar-refractivity contribution >= 4 is 21.8 Å². The van der Waals surface area contributed by atoms with E-state index < -0.39 is 39.0 Å². The van der Waals surface area contributed by atoms with Crippen LogP contribution in [0.15, 0.2) is 65.1 Å². The molecule has 10 heteroatoms. The summed E-state index contributed by atoms with van der Waals surface area (Å²) in [6.07, 6.45) is 0. The summed E-state index contributed by atoms with van der Waals surface area (Å²) >= 11 is 0. The number of ketones is 1. The van der Waals surface area contributed by atoms with Crippen LogP contribution in [0.1, 0.15) is 19.4 Å². The second-order valence-electron chi connectivity index (χ2n) is 6.70. The number of ether oxygens (including phenoxy) is 4. The molecule has 1 aliphatic rings. The molecule has 0 bridgehead atoms. The highest BCUT2D eigenvalue weighted by Gasteiger charge is 2.52. The lowest BCUT2D eigenvalue weighted by atomic mass is 9.90. The fraction of sp³-hybridized carbons (Fsp3) is 0.238. The normalized spacial score (nSPS) is 18.4. The Morgan fingerprint density at radius 1 is 1.06 bits per heavy atom. The fourth-order valence-corrected chi connectivity index (χ4v) is 4.08. The molecule has 0 fully saturated rings. The number of rotatable bonds is 7. The summed E-state index contributed by atoms with van der Waals surface area (Å²) in [6, 6.07) is 12.2. The number of carbonyl (C=O) groups excluding carboxylic acids is 2. The number of benzene rings is 2. The van der Waals surface area contributed by atoms with Gasteiger partial charge >= 0.3 is 5.97 Å². The highest BCUT2D eigenvalue weighted by atomic mass is 32.2. The topological polar surface area (TPSA) is 117 Å². The van der Waals surface area contributed by atoms with E-state index in [1.165, 1.54) is 39.3 Å². The minimum absolute atomic E-state index is 0.0618. The molecule has 0 aromatic heterocycles. The first-order chi connectivity index (χ1) is 14.6. The number of nitrogens with one attached hydrogen (secondary N) is 1. The van der Waals surface area contributed by atoms with Crippen molar-refractivity contribution in [1.82, 2.24) is 4.72 Å². The molecule has 31 heavy (non-hydrogen) atoms. The molecule has 3 rings (SSSR count). The molecule has 0 radical (unpaired) electrons. The predicted octanol–water partition coefficient (Wildman–Crippen LogP) is 2.23. The molecule has 1 atom stereocenters. The molecule has 0 saturated heterocycles. The average molecular weight is 447 g/mol. The largest absolute Gasteiger partial charge is 0.497 e. The molecule has 1 N–H and O–H groups in total. The van der Waals surface area contributed by atoms with E-state index in [1.54, 1.807) is 30.3 Å². The number of hydrogen-bond donors (Lipinski definition) is 1. The Hall–Kier alpha value is -3.53. The van der Waals surface area contributed by atoms with Crippen LogP contribution >= 0.6 is 0 Å². The molecular formula is C21H21NO8S. The standard InChI is InChI=1S/C21H21NO8S/c1-13(23)29-18-19(24)21(2,16-12-14(27-3)10-11-17(16)28-4)30-20(18)22-31(25,26)15-8-6-5-7-9-15/h5-12,22H,1-4H3. The van der Waals surface area contributed by atoms with Gasteiger partial charge in [0.2, 0.25) is 11.4 Å². The molecule has 0 amide bonds. The Balaban J connectivity index is 2.08. The Kier molecular flexibility index (Phi) is 5.94. The van der Waals surface area contributed by atoms with Crippen LogP contribution in [-0.2, 0) is 34.7 Å². The summed E-state index contributed by atoms with van der Waals surface area (Å²) in [6.45, 7) is 2.51. The molecule has 2 aromatic carbocycles. The summed E-state index contributed by atoms with van der Waals surface area (Å²) in [4.78, 5) is 24.8. The zero-order valence-corrected chi connectivity index (χ0v) is 18.1. The molecular weight excluding hydrogens is 426 g/mol. The first kappa shape index (κ1) is 22.2. The lowest BCUT2D eigenvalue weighted by molar-refractivity contribution is -0.142. The van der Waals surface area contributed by atoms with E-state index in [9.17, 15) is 18.0 Å². The second-order valence-corrected chi connectivity index (χ2v) is 8.38. The fourth-order valence-electron chi connectivity index (χ4n) is 3.06. The van der Waals surface area contributed by atoms with Gasteiger partial charge in [-0.2, -0.15) is 0 Å². The van der Waals surface area contributed by atoms with Gasteiger partial charge in [0, 0.05) is 12.5 Å². The summed E-state index contributed by atoms with van der Waals surface area (Å²) in [5.41, 5.74) is -1.49. The summed E-state index contributed by atoms with van der Waals surface area (Å²) in [5.74, 6) is -1.92. The van der Waals surface area contributed by atoms with E-state index in [0.717, 1.165) is 6.92 Å². The van der Waals surface area contributed by atoms with Gasteiger partial charge in [-0.25, -0.2) is 13.1 Å². The van der Waals surface area contributed by atoms with Crippen molar-refractivity contribution in [3.05, 3.63) is 65.7 Å². The lowest BCUT2D eigenvalue weighted by Crippen LogP contribution is -2.33. The van der Waals surface area contributed by atoms with Crippen molar-refractivity contribution < 1.29 is 37.0 Å². The zero-order chi connectivity index (χ0) is 22.8. The van der Waals surface area contributed by atoms with Crippen LogP contribution in [0.4, 0.5) is 0 Å². The first-order valence-corrected chi connectivity index (χ1v) is 10.6. The van der Waals surface area contributed by atoms with Gasteiger partial charge in [-0.15, -0.1) is 0 Å². The summed E-state index contributed by atoms with van der Waals surface area (Å²) in [7, 11) is -1.27. The van der Waals surface area contributed by atoms with E-state index >= 15 is 0 Å². The molecule has 1 heterocycles. The van der Waals surface area contributed by atoms with Gasteiger partial charge in [0.25, 0.3) is 21.7 Å². The Bertz CT molecular complexity index is 1160. The Morgan fingerprint density at radius 2 is 1.74 bits per heavy atom. The molecule has 0 saturated carbocycles. The lowest BCUT2D eigenvalue weighted by Gasteiger charge is -2.26. The van der Waals surface area contributed by atoms with Crippen molar-refractivity contribution in [2.24, 2.45) is 0 Å². The van der Waals surface area contributed by atoms with Crippen LogP contribution in [0.3, 0.4) is 0 Å². The predicted molar refractivity (Wildman–Crippen MR) is 109 cm³/mol.